The van der Waals surface area contributed by atoms with Crippen molar-refractivity contribution >= 4 is 54.5 Å². The van der Waals surface area contributed by atoms with Crippen LogP contribution in [0.3, 0.4) is 0 Å². The van der Waals surface area contributed by atoms with Crippen molar-refractivity contribution in [2.75, 3.05) is 0 Å². The Morgan fingerprint density at radius 1 is 1.37 bits per heavy atom. The molecule has 1 heterocycles. The van der Waals surface area contributed by atoms with Gasteiger partial charge in [0.25, 0.3) is 0 Å². The monoisotopic (exact) mass is 383 g/mol. The van der Waals surface area contributed by atoms with Gasteiger partial charge in [0, 0.05) is 31.5 Å². The van der Waals surface area contributed by atoms with Gasteiger partial charge in [0.2, 0.25) is 0 Å². The average Bonchev–Trinajstić information content (AvgIpc) is 2.36. The molecule has 0 radical (unpaired) electrons. The van der Waals surface area contributed by atoms with Crippen LogP contribution < -0.4 is 0 Å². The summed E-state index contributed by atoms with van der Waals surface area (Å²) < 4.78 is 0.860. The lowest BCUT2D eigenvalue weighted by Crippen LogP contribution is -2.15. The molecule has 0 bridgehead atoms. The molecular weight excluding hydrogens is 373 g/mol. The van der Waals surface area contributed by atoms with Gasteiger partial charge in [-0.05, 0) is 53.6 Å². The summed E-state index contributed by atoms with van der Waals surface area (Å²) >= 11 is 8.24. The van der Waals surface area contributed by atoms with Crippen molar-refractivity contribution in [3.8, 4) is 0 Å². The third-order valence-corrected chi connectivity index (χ3v) is 4.16. The molecule has 2 aromatic rings. The number of fused-ring (bicyclic) bond motifs is 2. The molecular formula is C15H11ClINO. The molecule has 0 unspecified atom stereocenters. The minimum absolute atomic E-state index is 0.170. The summed E-state index contributed by atoms with van der Waals surface area (Å²) in [7, 11) is 0. The van der Waals surface area contributed by atoms with Crippen molar-refractivity contribution < 1.29 is 4.79 Å². The number of aryl methyl sites for hydroxylation is 1. The number of carbonyl (C=O) groups is 1. The van der Waals surface area contributed by atoms with Crippen LogP contribution in [-0.4, -0.2) is 10.8 Å². The Balaban J connectivity index is 2.47. The molecule has 0 amide bonds. The number of benzene rings is 1. The van der Waals surface area contributed by atoms with Crippen LogP contribution >= 0.6 is 34.2 Å². The molecule has 19 heavy (non-hydrogen) atoms. The normalized spacial score (nSPS) is 14.5. The van der Waals surface area contributed by atoms with Gasteiger partial charge in [-0.2, -0.15) is 0 Å². The van der Waals surface area contributed by atoms with Crippen molar-refractivity contribution in [2.24, 2.45) is 0 Å². The molecule has 0 fully saturated rings. The first-order valence-electron chi connectivity index (χ1n) is 6.08. The van der Waals surface area contributed by atoms with E-state index in [0.717, 1.165) is 44.1 Å². The minimum Gasteiger partial charge on any atom is -0.294 e. The van der Waals surface area contributed by atoms with Crippen LogP contribution in [0.2, 0.25) is 5.02 Å². The largest absolute Gasteiger partial charge is 0.294 e. The van der Waals surface area contributed by atoms with Crippen molar-refractivity contribution in [1.29, 1.82) is 0 Å². The van der Waals surface area contributed by atoms with Gasteiger partial charge >= 0.3 is 0 Å². The summed E-state index contributed by atoms with van der Waals surface area (Å²) in [6, 6.07) is 5.60. The minimum atomic E-state index is 0.170. The first-order valence-corrected chi connectivity index (χ1v) is 7.53. The number of aromatic nitrogens is 1. The maximum atomic E-state index is 12.2. The van der Waals surface area contributed by atoms with Crippen molar-refractivity contribution in [3.63, 3.8) is 0 Å². The third kappa shape index (κ3) is 2.19. The zero-order valence-electron chi connectivity index (χ0n) is 10.2. The second kappa shape index (κ2) is 4.87. The predicted molar refractivity (Wildman–Crippen MR) is 87.1 cm³/mol. The molecule has 3 rings (SSSR count). The van der Waals surface area contributed by atoms with Crippen LogP contribution in [0.15, 0.2) is 24.8 Å². The summed E-state index contributed by atoms with van der Waals surface area (Å²) in [5.41, 5.74) is 3.44. The molecule has 2 nitrogen and oxygen atoms in total. The van der Waals surface area contributed by atoms with E-state index in [1.807, 2.05) is 18.2 Å². The molecule has 4 heteroatoms. The van der Waals surface area contributed by atoms with Crippen LogP contribution in [0, 0.1) is 0 Å². The van der Waals surface area contributed by atoms with Crippen LogP contribution in [0.5, 0.6) is 0 Å². The zero-order chi connectivity index (χ0) is 13.6. The first kappa shape index (κ1) is 13.1. The Labute approximate surface area is 130 Å². The van der Waals surface area contributed by atoms with Gasteiger partial charge in [-0.1, -0.05) is 18.2 Å². The fourth-order valence-electron chi connectivity index (χ4n) is 2.59. The number of halogens is 2. The van der Waals surface area contributed by atoms with Gasteiger partial charge < -0.3 is 0 Å². The smallest absolute Gasteiger partial charge is 0.165 e. The summed E-state index contributed by atoms with van der Waals surface area (Å²) in [6.45, 7) is 4.01. The van der Waals surface area contributed by atoms with E-state index in [9.17, 15) is 4.79 Å². The lowest BCUT2D eigenvalue weighted by molar-refractivity contribution is 0.0971. The Bertz CT molecular complexity index is 724. The molecule has 1 aromatic heterocycles. The highest BCUT2D eigenvalue weighted by molar-refractivity contribution is 14.1. The van der Waals surface area contributed by atoms with Gasteiger partial charge in [-0.3, -0.25) is 9.78 Å². The van der Waals surface area contributed by atoms with E-state index >= 15 is 0 Å². The molecule has 0 atom stereocenters. The molecule has 96 valence electrons. The van der Waals surface area contributed by atoms with E-state index in [0.29, 0.717) is 11.4 Å². The Hall–Kier alpha value is -0.940. The first-order chi connectivity index (χ1) is 9.08. The van der Waals surface area contributed by atoms with E-state index in [2.05, 4.69) is 34.2 Å². The SMILES string of the molecule is C=C(I)c1c2c(nc3ccc(Cl)cc13)CCCC2=O. The third-order valence-electron chi connectivity index (χ3n) is 3.39. The van der Waals surface area contributed by atoms with E-state index in [1.165, 1.54) is 0 Å². The molecule has 0 aliphatic heterocycles. The van der Waals surface area contributed by atoms with Gasteiger partial charge in [-0.25, -0.2) is 0 Å². The Morgan fingerprint density at radius 2 is 2.16 bits per heavy atom. The van der Waals surface area contributed by atoms with Crippen molar-refractivity contribution in [3.05, 3.63) is 46.6 Å². The highest BCUT2D eigenvalue weighted by Crippen LogP contribution is 2.36. The highest BCUT2D eigenvalue weighted by Gasteiger charge is 2.24. The molecule has 0 saturated heterocycles. The zero-order valence-corrected chi connectivity index (χ0v) is 13.1. The molecule has 0 spiro atoms. The Morgan fingerprint density at radius 3 is 2.89 bits per heavy atom. The number of rotatable bonds is 1. The average molecular weight is 384 g/mol. The Kier molecular flexibility index (Phi) is 3.35. The summed E-state index contributed by atoms with van der Waals surface area (Å²) in [5, 5.41) is 1.57. The molecule has 1 aromatic carbocycles. The molecule has 0 saturated carbocycles. The standard InChI is InChI=1S/C15H11ClINO/c1-8(17)14-10-7-9(16)5-6-11(10)18-12-3-2-4-13(19)15(12)14/h5-7H,1-4H2. The van der Waals surface area contributed by atoms with Crippen LogP contribution in [0.1, 0.15) is 34.5 Å². The maximum absolute atomic E-state index is 12.2. The van der Waals surface area contributed by atoms with E-state index in [1.54, 1.807) is 0 Å². The number of Topliss-reactive ketones (excluding diaryl/α,β-unsaturated/α-hetero) is 1. The van der Waals surface area contributed by atoms with Gasteiger partial charge in [0.05, 0.1) is 11.2 Å². The second-order valence-electron chi connectivity index (χ2n) is 4.65. The van der Waals surface area contributed by atoms with Crippen LogP contribution in [0.25, 0.3) is 14.5 Å². The number of hydrogen-bond donors (Lipinski definition) is 0. The summed E-state index contributed by atoms with van der Waals surface area (Å²) in [5.74, 6) is 0.170. The fraction of sp³-hybridized carbons (Fsp3) is 0.200. The maximum Gasteiger partial charge on any atom is 0.165 e. The van der Waals surface area contributed by atoms with Crippen molar-refractivity contribution in [1.82, 2.24) is 4.98 Å². The van der Waals surface area contributed by atoms with E-state index < -0.39 is 0 Å². The topological polar surface area (TPSA) is 30.0 Å². The quantitative estimate of drug-likeness (QED) is 0.661. The number of ketones is 1. The number of hydrogen-bond acceptors (Lipinski definition) is 2. The van der Waals surface area contributed by atoms with E-state index in [4.69, 9.17) is 11.6 Å². The van der Waals surface area contributed by atoms with E-state index in [-0.39, 0.29) is 5.78 Å². The number of carbonyl (C=O) groups excluding carboxylic acids is 1. The molecule has 1 aliphatic carbocycles. The lowest BCUT2D eigenvalue weighted by atomic mass is 9.89. The molecule has 0 N–H and O–H groups in total. The number of pyridine rings is 1. The van der Waals surface area contributed by atoms with Crippen LogP contribution in [0.4, 0.5) is 0 Å². The fourth-order valence-corrected chi connectivity index (χ4v) is 3.32. The predicted octanol–water partition coefficient (Wildman–Crippen LogP) is 4.81. The summed E-state index contributed by atoms with van der Waals surface area (Å²) in [6.07, 6.45) is 2.33. The highest BCUT2D eigenvalue weighted by atomic mass is 127. The number of nitrogens with zero attached hydrogens (tertiary/aromatic N) is 1. The lowest BCUT2D eigenvalue weighted by Gasteiger charge is -2.19. The van der Waals surface area contributed by atoms with Gasteiger partial charge in [0.15, 0.2) is 5.78 Å². The van der Waals surface area contributed by atoms with Crippen molar-refractivity contribution in [2.45, 2.75) is 19.3 Å². The van der Waals surface area contributed by atoms with Gasteiger partial charge in [-0.15, -0.1) is 0 Å². The summed E-state index contributed by atoms with van der Waals surface area (Å²) in [4.78, 5) is 16.8. The van der Waals surface area contributed by atoms with Gasteiger partial charge in [0.1, 0.15) is 0 Å². The molecule has 1 aliphatic rings. The second-order valence-corrected chi connectivity index (χ2v) is 6.39. The van der Waals surface area contributed by atoms with Crippen LogP contribution in [-0.2, 0) is 6.42 Å².